The van der Waals surface area contributed by atoms with E-state index in [0.717, 1.165) is 11.8 Å². The van der Waals surface area contributed by atoms with Crippen LogP contribution in [0.4, 0.5) is 0 Å². The summed E-state index contributed by atoms with van der Waals surface area (Å²) < 4.78 is 0. The molecule has 8 heavy (non-hydrogen) atoms. The molecule has 0 aliphatic carbocycles. The number of aldehydes is 1. The highest BCUT2D eigenvalue weighted by Crippen LogP contribution is 1.91. The van der Waals surface area contributed by atoms with Gasteiger partial charge in [0, 0.05) is 6.99 Å². The van der Waals surface area contributed by atoms with Gasteiger partial charge in [-0.1, -0.05) is 30.3 Å². The molecule has 0 heterocycles. The molecule has 1 nitrogen and oxygen atoms in total. The normalized spacial score (nSPS) is 8.50. The van der Waals surface area contributed by atoms with E-state index in [1.54, 1.807) is 12.1 Å². The summed E-state index contributed by atoms with van der Waals surface area (Å²) in [5, 5.41) is 0. The summed E-state index contributed by atoms with van der Waals surface area (Å²) in [5.41, 5.74) is 0.729. The minimum absolute atomic E-state index is 0. The molecule has 1 aromatic rings. The van der Waals surface area contributed by atoms with E-state index < -0.39 is 0 Å². The predicted octanol–water partition coefficient (Wildman–Crippen LogP) is 1.75. The third-order valence-electron chi connectivity index (χ3n) is 0.936. The van der Waals surface area contributed by atoms with Crippen molar-refractivity contribution in [2.24, 2.45) is 0 Å². The number of rotatable bonds is 1. The van der Waals surface area contributed by atoms with Crippen LogP contribution in [0, 0.1) is 0 Å². The Morgan fingerprint density at radius 3 is 2.25 bits per heavy atom. The smallest absolute Gasteiger partial charge is 0.150 e. The molecular weight excluding hydrogens is 100 g/mol. The van der Waals surface area contributed by atoms with Gasteiger partial charge in [0.15, 0.2) is 0 Å². The van der Waals surface area contributed by atoms with E-state index in [-0.39, 0.29) is 1.43 Å². The van der Waals surface area contributed by atoms with Crippen LogP contribution in [0.25, 0.3) is 0 Å². The first kappa shape index (κ1) is 5.04. The topological polar surface area (TPSA) is 17.1 Å². The van der Waals surface area contributed by atoms with Crippen molar-refractivity contribution in [3.8, 4) is 0 Å². The van der Waals surface area contributed by atoms with Crippen LogP contribution in [0.2, 0.25) is 0 Å². The maximum atomic E-state index is 10.0. The van der Waals surface area contributed by atoms with Crippen molar-refractivity contribution in [1.82, 2.24) is 0 Å². The zero-order valence-electron chi connectivity index (χ0n) is 4.37. The molecular formula is C7H8O. The summed E-state index contributed by atoms with van der Waals surface area (Å²) in [6.07, 6.45) is 0.833. The van der Waals surface area contributed by atoms with Gasteiger partial charge in [0.25, 0.3) is 0 Å². The summed E-state index contributed by atoms with van der Waals surface area (Å²) in [6.45, 7) is 0. The van der Waals surface area contributed by atoms with E-state index in [1.807, 2.05) is 18.2 Å². The fourth-order valence-electron chi connectivity index (χ4n) is 0.532. The Morgan fingerprint density at radius 2 is 1.88 bits per heavy atom. The van der Waals surface area contributed by atoms with E-state index >= 15 is 0 Å². The van der Waals surface area contributed by atoms with Crippen LogP contribution < -0.4 is 0 Å². The lowest BCUT2D eigenvalue weighted by Crippen LogP contribution is -1.73. The number of carbonyl (C=O) groups excluding carboxylic acids is 1. The van der Waals surface area contributed by atoms with Crippen molar-refractivity contribution >= 4 is 6.29 Å². The summed E-state index contributed by atoms with van der Waals surface area (Å²) in [4.78, 5) is 10.0. The third-order valence-corrected chi connectivity index (χ3v) is 0.936. The average Bonchev–Trinajstić information content (AvgIpc) is 1.90. The quantitative estimate of drug-likeness (QED) is 0.501. The Morgan fingerprint density at radius 1 is 1.25 bits per heavy atom. The van der Waals surface area contributed by atoms with Crippen molar-refractivity contribution in [2.45, 2.75) is 0 Å². The molecule has 0 aliphatic rings. The molecule has 0 bridgehead atoms. The molecule has 0 saturated heterocycles. The maximum absolute atomic E-state index is 10.0. The van der Waals surface area contributed by atoms with Crippen molar-refractivity contribution in [1.29, 1.82) is 0 Å². The van der Waals surface area contributed by atoms with Gasteiger partial charge in [-0.15, -0.1) is 0 Å². The van der Waals surface area contributed by atoms with Crippen molar-refractivity contribution in [3.05, 3.63) is 35.9 Å². The second-order valence-electron chi connectivity index (χ2n) is 1.53. The second kappa shape index (κ2) is 2.26. The van der Waals surface area contributed by atoms with Gasteiger partial charge in [-0.3, -0.25) is 4.79 Å². The van der Waals surface area contributed by atoms with Gasteiger partial charge < -0.3 is 0 Å². The first-order valence-electron chi connectivity index (χ1n) is 2.44. The van der Waals surface area contributed by atoms with E-state index in [1.165, 1.54) is 0 Å². The van der Waals surface area contributed by atoms with Gasteiger partial charge in [-0.25, -0.2) is 0 Å². The van der Waals surface area contributed by atoms with Crippen LogP contribution in [-0.2, 0) is 0 Å². The summed E-state index contributed by atoms with van der Waals surface area (Å²) in [6, 6.07) is 9.10. The molecule has 0 fully saturated rings. The molecule has 1 rings (SSSR count). The average molecular weight is 108 g/mol. The fourth-order valence-corrected chi connectivity index (χ4v) is 0.532. The largest absolute Gasteiger partial charge is 0.298 e. The summed E-state index contributed by atoms with van der Waals surface area (Å²) in [5.74, 6) is 0. The van der Waals surface area contributed by atoms with Crippen molar-refractivity contribution in [3.63, 3.8) is 0 Å². The molecule has 0 N–H and O–H groups in total. The molecule has 0 amide bonds. The SMILES string of the molecule is O=Cc1ccccc1.[HH]. The number of hydrogen-bond donors (Lipinski definition) is 0. The lowest BCUT2D eigenvalue weighted by Gasteiger charge is -1.81. The van der Waals surface area contributed by atoms with Gasteiger partial charge in [0.05, 0.1) is 0 Å². The van der Waals surface area contributed by atoms with Crippen LogP contribution >= 0.6 is 0 Å². The van der Waals surface area contributed by atoms with Gasteiger partial charge in [0.1, 0.15) is 6.29 Å². The van der Waals surface area contributed by atoms with Gasteiger partial charge in [0.2, 0.25) is 0 Å². The molecule has 0 saturated carbocycles. The second-order valence-corrected chi connectivity index (χ2v) is 1.53. The Bertz CT molecular complexity index is 172. The zero-order valence-corrected chi connectivity index (χ0v) is 4.37. The summed E-state index contributed by atoms with van der Waals surface area (Å²) >= 11 is 0. The van der Waals surface area contributed by atoms with Crippen LogP contribution in [0.15, 0.2) is 30.3 Å². The molecule has 0 aliphatic heterocycles. The number of benzene rings is 1. The van der Waals surface area contributed by atoms with Gasteiger partial charge >= 0.3 is 0 Å². The minimum Gasteiger partial charge on any atom is -0.298 e. The number of carbonyl (C=O) groups is 1. The first-order chi connectivity index (χ1) is 3.93. The van der Waals surface area contributed by atoms with E-state index in [2.05, 4.69) is 0 Å². The Kier molecular flexibility index (Phi) is 1.42. The summed E-state index contributed by atoms with van der Waals surface area (Å²) in [7, 11) is 0. The fraction of sp³-hybridized carbons (Fsp3) is 0. The van der Waals surface area contributed by atoms with Crippen LogP contribution in [-0.4, -0.2) is 6.29 Å². The molecule has 0 aromatic heterocycles. The van der Waals surface area contributed by atoms with Crippen molar-refractivity contribution in [2.75, 3.05) is 0 Å². The molecule has 1 aromatic carbocycles. The predicted molar refractivity (Wildman–Crippen MR) is 33.9 cm³/mol. The molecule has 1 heteroatoms. The Hall–Kier alpha value is -1.11. The lowest BCUT2D eigenvalue weighted by atomic mass is 10.2. The van der Waals surface area contributed by atoms with Crippen LogP contribution in [0.1, 0.15) is 11.8 Å². The molecule has 0 atom stereocenters. The minimum atomic E-state index is 0. The van der Waals surface area contributed by atoms with Gasteiger partial charge in [-0.2, -0.15) is 0 Å². The van der Waals surface area contributed by atoms with E-state index in [4.69, 9.17) is 0 Å². The number of hydrogen-bond acceptors (Lipinski definition) is 1. The molecule has 0 unspecified atom stereocenters. The standard InChI is InChI=1S/C7H6O.H2/c8-6-7-4-2-1-3-5-7;/h1-6H;1H. The monoisotopic (exact) mass is 108 g/mol. The highest BCUT2D eigenvalue weighted by Gasteiger charge is 1.79. The molecule has 0 spiro atoms. The highest BCUT2D eigenvalue weighted by molar-refractivity contribution is 5.74. The van der Waals surface area contributed by atoms with Crippen LogP contribution in [0.5, 0.6) is 0 Å². The lowest BCUT2D eigenvalue weighted by molar-refractivity contribution is 0.112. The third kappa shape index (κ3) is 0.936. The molecule has 0 radical (unpaired) electrons. The zero-order chi connectivity index (χ0) is 5.82. The molecule has 42 valence electrons. The highest BCUT2D eigenvalue weighted by atomic mass is 16.1. The Labute approximate surface area is 49.4 Å². The first-order valence-corrected chi connectivity index (χ1v) is 2.44. The maximum Gasteiger partial charge on any atom is 0.150 e. The van der Waals surface area contributed by atoms with Gasteiger partial charge in [-0.05, 0) is 0 Å². The van der Waals surface area contributed by atoms with Crippen LogP contribution in [0.3, 0.4) is 0 Å². The van der Waals surface area contributed by atoms with E-state index in [0.29, 0.717) is 0 Å². The Balaban J connectivity index is 0.000000640. The van der Waals surface area contributed by atoms with Crippen molar-refractivity contribution < 1.29 is 6.22 Å². The van der Waals surface area contributed by atoms with E-state index in [9.17, 15) is 4.79 Å².